The number of thiazole rings is 1. The number of nitrogens with one attached hydrogen (secondary N) is 1. The third kappa shape index (κ3) is 5.33. The maximum Gasteiger partial charge on any atom is 0.269 e. The van der Waals surface area contributed by atoms with E-state index in [0.717, 1.165) is 4.88 Å². The van der Waals surface area contributed by atoms with Crippen LogP contribution in [0.5, 0.6) is 0 Å². The lowest BCUT2D eigenvalue weighted by atomic mass is 10.2. The van der Waals surface area contributed by atoms with Crippen molar-refractivity contribution in [3.8, 4) is 0 Å². The first-order chi connectivity index (χ1) is 12.4. The molecule has 2 aromatic rings. The van der Waals surface area contributed by atoms with Crippen LogP contribution in [0.15, 0.2) is 30.5 Å². The van der Waals surface area contributed by atoms with Crippen molar-refractivity contribution in [2.45, 2.75) is 6.92 Å². The lowest BCUT2D eigenvalue weighted by Gasteiger charge is -2.21. The van der Waals surface area contributed by atoms with Crippen molar-refractivity contribution in [2.24, 2.45) is 0 Å². The van der Waals surface area contributed by atoms with E-state index in [4.69, 9.17) is 4.74 Å². The molecule has 1 heterocycles. The molecule has 0 bridgehead atoms. The highest BCUT2D eigenvalue weighted by Gasteiger charge is 2.20. The van der Waals surface area contributed by atoms with Gasteiger partial charge in [-0.05, 0) is 19.1 Å². The van der Waals surface area contributed by atoms with Crippen LogP contribution in [0, 0.1) is 17.0 Å². The van der Waals surface area contributed by atoms with Crippen LogP contribution in [-0.4, -0.2) is 53.4 Å². The number of rotatable bonds is 8. The number of hydrogen-bond acceptors (Lipinski definition) is 7. The number of carbonyl (C=O) groups is 2. The molecule has 0 saturated heterocycles. The third-order valence-electron chi connectivity index (χ3n) is 3.38. The van der Waals surface area contributed by atoms with Gasteiger partial charge in [-0.15, -0.1) is 11.3 Å². The molecule has 0 aliphatic heterocycles. The van der Waals surface area contributed by atoms with Crippen molar-refractivity contribution >= 4 is 34.0 Å². The minimum Gasteiger partial charge on any atom is -0.383 e. The molecule has 0 saturated carbocycles. The van der Waals surface area contributed by atoms with Crippen LogP contribution in [0.4, 0.5) is 10.8 Å². The maximum absolute atomic E-state index is 12.6. The molecular weight excluding hydrogens is 360 g/mol. The van der Waals surface area contributed by atoms with Gasteiger partial charge in [-0.2, -0.15) is 0 Å². The van der Waals surface area contributed by atoms with Gasteiger partial charge >= 0.3 is 0 Å². The maximum atomic E-state index is 12.6. The van der Waals surface area contributed by atoms with Crippen LogP contribution in [0.1, 0.15) is 15.2 Å². The second-order valence-electron chi connectivity index (χ2n) is 5.35. The number of nitro benzene ring substituents is 1. The number of anilines is 1. The summed E-state index contributed by atoms with van der Waals surface area (Å²) in [5.41, 5.74) is 0.145. The average Bonchev–Trinajstić information content (AvgIpc) is 3.02. The van der Waals surface area contributed by atoms with Gasteiger partial charge in [0.1, 0.15) is 6.54 Å². The number of nitrogens with zero attached hydrogens (tertiary/aromatic N) is 3. The normalized spacial score (nSPS) is 10.4. The molecule has 2 rings (SSSR count). The van der Waals surface area contributed by atoms with E-state index in [9.17, 15) is 19.7 Å². The molecule has 1 N–H and O–H groups in total. The second kappa shape index (κ2) is 9.02. The van der Waals surface area contributed by atoms with Crippen LogP contribution >= 0.6 is 11.3 Å². The molecule has 2 amide bonds. The second-order valence-corrected chi connectivity index (χ2v) is 6.58. The molecule has 0 aliphatic carbocycles. The average molecular weight is 378 g/mol. The van der Waals surface area contributed by atoms with Crippen molar-refractivity contribution < 1.29 is 19.2 Å². The van der Waals surface area contributed by atoms with Crippen LogP contribution in [0.3, 0.4) is 0 Å². The van der Waals surface area contributed by atoms with Gasteiger partial charge in [-0.25, -0.2) is 4.98 Å². The number of hydrogen-bond donors (Lipinski definition) is 1. The molecule has 9 nitrogen and oxygen atoms in total. The van der Waals surface area contributed by atoms with Crippen molar-refractivity contribution in [1.82, 2.24) is 9.88 Å². The van der Waals surface area contributed by atoms with E-state index in [2.05, 4.69) is 10.3 Å². The Morgan fingerprint density at radius 2 is 2.04 bits per heavy atom. The van der Waals surface area contributed by atoms with Crippen LogP contribution < -0.4 is 5.32 Å². The Hall–Kier alpha value is -2.85. The fourth-order valence-corrected chi connectivity index (χ4v) is 2.79. The number of methoxy groups -OCH3 is 1. The summed E-state index contributed by atoms with van der Waals surface area (Å²) in [6, 6.07) is 5.23. The van der Waals surface area contributed by atoms with Gasteiger partial charge in [0.25, 0.3) is 11.6 Å². The molecule has 0 unspecified atom stereocenters. The Bertz CT molecular complexity index is 790. The molecule has 0 spiro atoms. The van der Waals surface area contributed by atoms with E-state index in [1.54, 1.807) is 6.20 Å². The number of benzene rings is 1. The van der Waals surface area contributed by atoms with Gasteiger partial charge in [0, 0.05) is 42.4 Å². The van der Waals surface area contributed by atoms with Gasteiger partial charge in [-0.3, -0.25) is 19.7 Å². The SMILES string of the molecule is COCCN(CC(=O)Nc1ncc(C)s1)C(=O)c1ccc([N+](=O)[O-])cc1. The Kier molecular flexibility index (Phi) is 6.75. The predicted octanol–water partition coefficient (Wildman–Crippen LogP) is 2.09. The van der Waals surface area contributed by atoms with E-state index in [1.807, 2.05) is 6.92 Å². The van der Waals surface area contributed by atoms with E-state index in [-0.39, 0.29) is 36.9 Å². The molecule has 0 fully saturated rings. The minimum absolute atomic E-state index is 0.109. The quantitative estimate of drug-likeness (QED) is 0.556. The van der Waals surface area contributed by atoms with E-state index < -0.39 is 10.8 Å². The Balaban J connectivity index is 2.08. The number of nitro groups is 1. The summed E-state index contributed by atoms with van der Waals surface area (Å²) in [6.07, 6.45) is 1.64. The zero-order chi connectivity index (χ0) is 19.1. The zero-order valence-electron chi connectivity index (χ0n) is 14.3. The number of aryl methyl sites for hydroxylation is 1. The topological polar surface area (TPSA) is 115 Å². The largest absolute Gasteiger partial charge is 0.383 e. The lowest BCUT2D eigenvalue weighted by Crippen LogP contribution is -2.40. The van der Waals surface area contributed by atoms with E-state index >= 15 is 0 Å². The standard InChI is InChI=1S/C16H18N4O5S/c1-11-9-17-16(26-11)18-14(21)10-19(7-8-25-2)15(22)12-3-5-13(6-4-12)20(23)24/h3-6,9H,7-8,10H2,1-2H3,(H,17,18,21). The van der Waals surface area contributed by atoms with Gasteiger partial charge in [0.05, 0.1) is 11.5 Å². The van der Waals surface area contributed by atoms with Crippen molar-refractivity contribution in [1.29, 1.82) is 0 Å². The van der Waals surface area contributed by atoms with Crippen LogP contribution in [0.2, 0.25) is 0 Å². The van der Waals surface area contributed by atoms with Crippen molar-refractivity contribution in [3.05, 3.63) is 51.0 Å². The summed E-state index contributed by atoms with van der Waals surface area (Å²) in [5.74, 6) is -0.798. The highest BCUT2D eigenvalue weighted by Crippen LogP contribution is 2.17. The fraction of sp³-hybridized carbons (Fsp3) is 0.312. The van der Waals surface area contributed by atoms with Crippen molar-refractivity contribution in [2.75, 3.05) is 32.1 Å². The molecule has 1 aromatic heterocycles. The van der Waals surface area contributed by atoms with Gasteiger partial charge < -0.3 is 15.0 Å². The Morgan fingerprint density at radius 3 is 2.58 bits per heavy atom. The molecule has 10 heteroatoms. The van der Waals surface area contributed by atoms with Crippen molar-refractivity contribution in [3.63, 3.8) is 0 Å². The molecule has 0 aliphatic rings. The number of amides is 2. The van der Waals surface area contributed by atoms with Gasteiger partial charge in [0.2, 0.25) is 5.91 Å². The number of carbonyl (C=O) groups excluding carboxylic acids is 2. The molecule has 0 atom stereocenters. The summed E-state index contributed by atoms with van der Waals surface area (Å²) >= 11 is 1.34. The minimum atomic E-state index is -0.541. The summed E-state index contributed by atoms with van der Waals surface area (Å²) in [5, 5.41) is 13.8. The van der Waals surface area contributed by atoms with E-state index in [1.165, 1.54) is 47.6 Å². The Morgan fingerprint density at radius 1 is 1.35 bits per heavy atom. The van der Waals surface area contributed by atoms with Gasteiger partial charge in [-0.1, -0.05) is 0 Å². The molecule has 0 radical (unpaired) electrons. The number of ether oxygens (including phenoxy) is 1. The van der Waals surface area contributed by atoms with E-state index in [0.29, 0.717) is 5.13 Å². The highest BCUT2D eigenvalue weighted by atomic mass is 32.1. The molecular formula is C16H18N4O5S. The molecule has 1 aromatic carbocycles. The lowest BCUT2D eigenvalue weighted by molar-refractivity contribution is -0.384. The van der Waals surface area contributed by atoms with Gasteiger partial charge in [0.15, 0.2) is 5.13 Å². The fourth-order valence-electron chi connectivity index (χ4n) is 2.11. The molecule has 138 valence electrons. The summed E-state index contributed by atoms with van der Waals surface area (Å²) in [6.45, 7) is 2.15. The smallest absolute Gasteiger partial charge is 0.269 e. The first-order valence-corrected chi connectivity index (χ1v) is 8.47. The zero-order valence-corrected chi connectivity index (χ0v) is 15.1. The summed E-state index contributed by atoms with van der Waals surface area (Å²) < 4.78 is 4.99. The number of aromatic nitrogens is 1. The first-order valence-electron chi connectivity index (χ1n) is 7.65. The monoisotopic (exact) mass is 378 g/mol. The van der Waals surface area contributed by atoms with Crippen LogP contribution in [0.25, 0.3) is 0 Å². The Labute approximate surface area is 153 Å². The first kappa shape index (κ1) is 19.5. The third-order valence-corrected chi connectivity index (χ3v) is 4.21. The predicted molar refractivity (Wildman–Crippen MR) is 96.4 cm³/mol. The van der Waals surface area contributed by atoms with Crippen LogP contribution in [-0.2, 0) is 9.53 Å². The summed E-state index contributed by atoms with van der Waals surface area (Å²) in [4.78, 5) is 41.3. The molecule has 26 heavy (non-hydrogen) atoms. The highest BCUT2D eigenvalue weighted by molar-refractivity contribution is 7.15. The number of non-ortho nitro benzene ring substituents is 1. The summed E-state index contributed by atoms with van der Waals surface area (Å²) in [7, 11) is 1.49.